The molecule has 1 N–H and O–H groups in total. The third-order valence-electron chi connectivity index (χ3n) is 2.69. The lowest BCUT2D eigenvalue weighted by atomic mass is 10.2. The number of aromatic nitrogens is 1. The Morgan fingerprint density at radius 1 is 1.41 bits per heavy atom. The van der Waals surface area contributed by atoms with E-state index in [1.54, 1.807) is 11.3 Å². The third-order valence-corrected chi connectivity index (χ3v) is 4.70. The SMILES string of the molecule is CCC(NCCc1nc(C)cs1)c1cccs1. The number of hydrogen-bond donors (Lipinski definition) is 1. The van der Waals surface area contributed by atoms with Crippen molar-refractivity contribution < 1.29 is 0 Å². The summed E-state index contributed by atoms with van der Waals surface area (Å²) >= 11 is 3.59. The van der Waals surface area contributed by atoms with Crippen LogP contribution < -0.4 is 5.32 Å². The van der Waals surface area contributed by atoms with Crippen molar-refractivity contribution in [2.24, 2.45) is 0 Å². The van der Waals surface area contributed by atoms with Crippen LogP contribution in [0.15, 0.2) is 22.9 Å². The number of thiazole rings is 1. The first-order valence-electron chi connectivity index (χ1n) is 5.97. The molecule has 2 aromatic rings. The summed E-state index contributed by atoms with van der Waals surface area (Å²) < 4.78 is 0. The van der Waals surface area contributed by atoms with Gasteiger partial charge in [-0.15, -0.1) is 22.7 Å². The van der Waals surface area contributed by atoms with Gasteiger partial charge in [0.2, 0.25) is 0 Å². The van der Waals surface area contributed by atoms with E-state index < -0.39 is 0 Å². The fourth-order valence-electron chi connectivity index (χ4n) is 1.81. The molecule has 2 aromatic heterocycles. The standard InChI is InChI=1S/C13H18N2S2/c1-3-11(12-5-4-8-16-12)14-7-6-13-15-10(2)9-17-13/h4-5,8-9,11,14H,3,6-7H2,1-2H3. The van der Waals surface area contributed by atoms with Crippen LogP contribution in [-0.4, -0.2) is 11.5 Å². The Morgan fingerprint density at radius 2 is 2.29 bits per heavy atom. The van der Waals surface area contributed by atoms with Gasteiger partial charge in [0.25, 0.3) is 0 Å². The molecule has 2 heterocycles. The number of rotatable bonds is 6. The second-order valence-corrected chi connectivity index (χ2v) is 5.98. The Bertz CT molecular complexity index is 434. The van der Waals surface area contributed by atoms with E-state index in [9.17, 15) is 0 Å². The van der Waals surface area contributed by atoms with Gasteiger partial charge in [0, 0.05) is 35.0 Å². The molecule has 1 unspecified atom stereocenters. The maximum absolute atomic E-state index is 4.48. The van der Waals surface area contributed by atoms with E-state index >= 15 is 0 Å². The Kier molecular flexibility index (Phi) is 4.71. The Hall–Kier alpha value is -0.710. The number of hydrogen-bond acceptors (Lipinski definition) is 4. The molecule has 4 heteroatoms. The van der Waals surface area contributed by atoms with Crippen molar-refractivity contribution in [2.75, 3.05) is 6.54 Å². The fraction of sp³-hybridized carbons (Fsp3) is 0.462. The largest absolute Gasteiger partial charge is 0.309 e. The Morgan fingerprint density at radius 3 is 2.88 bits per heavy atom. The molecule has 0 spiro atoms. The van der Waals surface area contributed by atoms with Crippen LogP contribution in [0.1, 0.15) is 35.0 Å². The van der Waals surface area contributed by atoms with E-state index in [0.717, 1.165) is 25.1 Å². The van der Waals surface area contributed by atoms with Crippen molar-refractivity contribution in [2.45, 2.75) is 32.7 Å². The molecule has 0 saturated carbocycles. The second kappa shape index (κ2) is 6.28. The maximum atomic E-state index is 4.48. The van der Waals surface area contributed by atoms with Crippen molar-refractivity contribution >= 4 is 22.7 Å². The van der Waals surface area contributed by atoms with Crippen LogP contribution in [0.2, 0.25) is 0 Å². The van der Waals surface area contributed by atoms with Gasteiger partial charge in [-0.2, -0.15) is 0 Å². The van der Waals surface area contributed by atoms with Crippen molar-refractivity contribution in [1.29, 1.82) is 0 Å². The molecule has 0 aromatic carbocycles. The minimum atomic E-state index is 0.496. The highest BCUT2D eigenvalue weighted by atomic mass is 32.1. The van der Waals surface area contributed by atoms with Gasteiger partial charge < -0.3 is 5.32 Å². The average Bonchev–Trinajstić information content (AvgIpc) is 2.96. The lowest BCUT2D eigenvalue weighted by Crippen LogP contribution is -2.22. The lowest BCUT2D eigenvalue weighted by molar-refractivity contribution is 0.529. The predicted molar refractivity (Wildman–Crippen MR) is 75.9 cm³/mol. The number of nitrogens with one attached hydrogen (secondary N) is 1. The van der Waals surface area contributed by atoms with Crippen LogP contribution in [0.5, 0.6) is 0 Å². The van der Waals surface area contributed by atoms with Gasteiger partial charge in [-0.25, -0.2) is 4.98 Å². The van der Waals surface area contributed by atoms with Gasteiger partial charge in [0.15, 0.2) is 0 Å². The summed E-state index contributed by atoms with van der Waals surface area (Å²) in [6, 6.07) is 4.82. The summed E-state index contributed by atoms with van der Waals surface area (Å²) in [5.41, 5.74) is 1.13. The molecule has 17 heavy (non-hydrogen) atoms. The van der Waals surface area contributed by atoms with Crippen molar-refractivity contribution in [1.82, 2.24) is 10.3 Å². The van der Waals surface area contributed by atoms with Gasteiger partial charge >= 0.3 is 0 Å². The van der Waals surface area contributed by atoms with E-state index in [4.69, 9.17) is 0 Å². The number of aryl methyl sites for hydroxylation is 1. The van der Waals surface area contributed by atoms with Crippen LogP contribution in [0.25, 0.3) is 0 Å². The van der Waals surface area contributed by atoms with E-state index in [-0.39, 0.29) is 0 Å². The van der Waals surface area contributed by atoms with Crippen molar-refractivity contribution in [3.63, 3.8) is 0 Å². The summed E-state index contributed by atoms with van der Waals surface area (Å²) in [4.78, 5) is 5.91. The third kappa shape index (κ3) is 3.63. The molecule has 2 rings (SSSR count). The first-order valence-corrected chi connectivity index (χ1v) is 7.73. The molecular weight excluding hydrogens is 248 g/mol. The van der Waals surface area contributed by atoms with Crippen molar-refractivity contribution in [3.8, 4) is 0 Å². The zero-order valence-corrected chi connectivity index (χ0v) is 11.9. The lowest BCUT2D eigenvalue weighted by Gasteiger charge is -2.14. The second-order valence-electron chi connectivity index (χ2n) is 4.06. The Labute approximate surface area is 111 Å². The minimum Gasteiger partial charge on any atom is -0.309 e. The summed E-state index contributed by atoms with van der Waals surface area (Å²) in [6.07, 6.45) is 2.16. The van der Waals surface area contributed by atoms with Crippen LogP contribution in [0.3, 0.4) is 0 Å². The van der Waals surface area contributed by atoms with Crippen molar-refractivity contribution in [3.05, 3.63) is 38.5 Å². The van der Waals surface area contributed by atoms with E-state index in [1.165, 1.54) is 9.88 Å². The number of thiophene rings is 1. The van der Waals surface area contributed by atoms with Crippen LogP contribution in [0, 0.1) is 6.92 Å². The highest BCUT2D eigenvalue weighted by molar-refractivity contribution is 7.10. The monoisotopic (exact) mass is 266 g/mol. The molecular formula is C13H18N2S2. The molecule has 0 radical (unpaired) electrons. The zero-order valence-electron chi connectivity index (χ0n) is 10.3. The molecule has 0 bridgehead atoms. The van der Waals surface area contributed by atoms with Crippen LogP contribution in [0.4, 0.5) is 0 Å². The highest BCUT2D eigenvalue weighted by Crippen LogP contribution is 2.21. The smallest absolute Gasteiger partial charge is 0.0940 e. The molecule has 0 amide bonds. The minimum absolute atomic E-state index is 0.496. The molecule has 0 saturated heterocycles. The van der Waals surface area contributed by atoms with Gasteiger partial charge in [-0.1, -0.05) is 13.0 Å². The predicted octanol–water partition coefficient (Wildman–Crippen LogP) is 3.80. The zero-order chi connectivity index (χ0) is 12.1. The molecule has 0 aliphatic heterocycles. The Balaban J connectivity index is 1.81. The van der Waals surface area contributed by atoms with E-state index in [1.807, 2.05) is 18.3 Å². The van der Waals surface area contributed by atoms with E-state index in [0.29, 0.717) is 6.04 Å². The molecule has 0 fully saturated rings. The topological polar surface area (TPSA) is 24.9 Å². The maximum Gasteiger partial charge on any atom is 0.0940 e. The molecule has 0 aliphatic rings. The highest BCUT2D eigenvalue weighted by Gasteiger charge is 2.09. The van der Waals surface area contributed by atoms with Gasteiger partial charge in [0.1, 0.15) is 0 Å². The van der Waals surface area contributed by atoms with Gasteiger partial charge in [0.05, 0.1) is 5.01 Å². The van der Waals surface area contributed by atoms with Gasteiger partial charge in [-0.05, 0) is 24.8 Å². The summed E-state index contributed by atoms with van der Waals surface area (Å²) in [6.45, 7) is 5.28. The summed E-state index contributed by atoms with van der Waals surface area (Å²) in [5, 5.41) is 9.10. The number of nitrogens with zero attached hydrogens (tertiary/aromatic N) is 1. The molecule has 92 valence electrons. The average molecular weight is 266 g/mol. The molecule has 0 aliphatic carbocycles. The van der Waals surface area contributed by atoms with Gasteiger partial charge in [-0.3, -0.25) is 0 Å². The first kappa shape index (κ1) is 12.7. The normalized spacial score (nSPS) is 12.8. The summed E-state index contributed by atoms with van der Waals surface area (Å²) in [7, 11) is 0. The van der Waals surface area contributed by atoms with Crippen LogP contribution in [-0.2, 0) is 6.42 Å². The quantitative estimate of drug-likeness (QED) is 0.860. The summed E-state index contributed by atoms with van der Waals surface area (Å²) in [5.74, 6) is 0. The van der Waals surface area contributed by atoms with Crippen LogP contribution >= 0.6 is 22.7 Å². The molecule has 2 nitrogen and oxygen atoms in total. The van der Waals surface area contributed by atoms with E-state index in [2.05, 4.69) is 40.1 Å². The fourth-order valence-corrected chi connectivity index (χ4v) is 3.47. The molecule has 1 atom stereocenters. The first-order chi connectivity index (χ1) is 8.29.